The van der Waals surface area contributed by atoms with E-state index in [1.54, 1.807) is 25.1 Å². The molecule has 0 bridgehead atoms. The maximum Gasteiger partial charge on any atom is 0.264 e. The lowest BCUT2D eigenvalue weighted by atomic mass is 10.1. The van der Waals surface area contributed by atoms with Gasteiger partial charge in [-0.3, -0.25) is 13.9 Å². The number of halogens is 2. The van der Waals surface area contributed by atoms with Crippen molar-refractivity contribution in [1.29, 1.82) is 0 Å². The predicted molar refractivity (Wildman–Crippen MR) is 152 cm³/mol. The van der Waals surface area contributed by atoms with E-state index in [4.69, 9.17) is 23.2 Å². The fourth-order valence-corrected chi connectivity index (χ4v) is 5.69. The minimum Gasteiger partial charge on any atom is -0.354 e. The summed E-state index contributed by atoms with van der Waals surface area (Å²) in [6.45, 7) is 3.66. The third kappa shape index (κ3) is 7.49. The molecular weight excluding hydrogens is 545 g/mol. The van der Waals surface area contributed by atoms with E-state index >= 15 is 0 Å². The van der Waals surface area contributed by atoms with Gasteiger partial charge < -0.3 is 10.2 Å². The van der Waals surface area contributed by atoms with Crippen LogP contribution in [0.1, 0.15) is 32.3 Å². The van der Waals surface area contributed by atoms with Crippen molar-refractivity contribution in [3.05, 3.63) is 94.5 Å². The van der Waals surface area contributed by atoms with Crippen molar-refractivity contribution in [3.8, 4) is 0 Å². The third-order valence-electron chi connectivity index (χ3n) is 5.98. The number of nitrogens with zero attached hydrogens (tertiary/aromatic N) is 2. The van der Waals surface area contributed by atoms with Gasteiger partial charge in [0.25, 0.3) is 10.0 Å². The zero-order valence-corrected chi connectivity index (χ0v) is 23.6. The van der Waals surface area contributed by atoms with Gasteiger partial charge in [-0.2, -0.15) is 0 Å². The van der Waals surface area contributed by atoms with Crippen LogP contribution < -0.4 is 9.62 Å². The van der Waals surface area contributed by atoms with Crippen molar-refractivity contribution >= 4 is 50.7 Å². The van der Waals surface area contributed by atoms with Gasteiger partial charge in [-0.05, 0) is 49.2 Å². The van der Waals surface area contributed by atoms with Crippen molar-refractivity contribution in [2.24, 2.45) is 0 Å². The molecule has 0 spiro atoms. The zero-order valence-electron chi connectivity index (χ0n) is 21.3. The van der Waals surface area contributed by atoms with Crippen LogP contribution in [0, 0.1) is 0 Å². The Kier molecular flexibility index (Phi) is 10.6. The van der Waals surface area contributed by atoms with E-state index in [9.17, 15) is 18.0 Å². The molecule has 10 heteroatoms. The quantitative estimate of drug-likeness (QED) is 0.288. The molecule has 0 heterocycles. The monoisotopic (exact) mass is 575 g/mol. The van der Waals surface area contributed by atoms with Gasteiger partial charge in [-0.15, -0.1) is 0 Å². The smallest absolute Gasteiger partial charge is 0.264 e. The first kappa shape index (κ1) is 29.5. The summed E-state index contributed by atoms with van der Waals surface area (Å²) in [7, 11) is -4.22. The SMILES string of the molecule is CCCCNC(=O)[C@@H](C)N(Cc1ccccc1)C(=O)CN(c1cc(Cl)ccc1Cl)S(=O)(=O)c1ccccc1. The molecule has 1 N–H and O–H groups in total. The maximum absolute atomic E-state index is 13.8. The number of benzene rings is 3. The molecule has 0 aliphatic rings. The second-order valence-corrected chi connectivity index (χ2v) is 11.5. The fourth-order valence-electron chi connectivity index (χ4n) is 3.81. The van der Waals surface area contributed by atoms with Crippen LogP contribution in [0.3, 0.4) is 0 Å². The molecule has 0 aromatic heterocycles. The predicted octanol–water partition coefficient (Wildman–Crippen LogP) is 5.52. The molecule has 0 saturated carbocycles. The molecule has 202 valence electrons. The Morgan fingerprint density at radius 2 is 1.58 bits per heavy atom. The van der Waals surface area contributed by atoms with Crippen LogP contribution in [-0.4, -0.2) is 44.3 Å². The molecule has 0 aliphatic carbocycles. The highest BCUT2D eigenvalue weighted by molar-refractivity contribution is 7.92. The van der Waals surface area contributed by atoms with Crippen LogP contribution in [-0.2, 0) is 26.2 Å². The molecule has 0 unspecified atom stereocenters. The average Bonchev–Trinajstić information content (AvgIpc) is 2.92. The largest absolute Gasteiger partial charge is 0.354 e. The summed E-state index contributed by atoms with van der Waals surface area (Å²) < 4.78 is 28.5. The van der Waals surface area contributed by atoms with E-state index in [0.29, 0.717) is 6.54 Å². The first-order valence-corrected chi connectivity index (χ1v) is 14.5. The Bertz CT molecular complexity index is 1340. The normalized spacial score (nSPS) is 12.0. The van der Waals surface area contributed by atoms with Crippen LogP contribution >= 0.6 is 23.2 Å². The van der Waals surface area contributed by atoms with Gasteiger partial charge >= 0.3 is 0 Å². The van der Waals surface area contributed by atoms with Crippen LogP contribution in [0.5, 0.6) is 0 Å². The number of carbonyl (C=O) groups is 2. The number of nitrogens with one attached hydrogen (secondary N) is 1. The summed E-state index contributed by atoms with van der Waals surface area (Å²) in [4.78, 5) is 28.2. The van der Waals surface area contributed by atoms with Gasteiger partial charge in [0.15, 0.2) is 0 Å². The van der Waals surface area contributed by atoms with Gasteiger partial charge in [0.05, 0.1) is 15.6 Å². The van der Waals surface area contributed by atoms with E-state index in [1.165, 1.54) is 35.2 Å². The Balaban J connectivity index is 2.01. The number of amides is 2. The second-order valence-electron chi connectivity index (χ2n) is 8.75. The van der Waals surface area contributed by atoms with Crippen LogP contribution in [0.2, 0.25) is 10.0 Å². The van der Waals surface area contributed by atoms with Gasteiger partial charge in [0.2, 0.25) is 11.8 Å². The maximum atomic E-state index is 13.8. The Labute approximate surface area is 234 Å². The summed E-state index contributed by atoms with van der Waals surface area (Å²) in [5, 5.41) is 3.23. The van der Waals surface area contributed by atoms with Crippen molar-refractivity contribution in [1.82, 2.24) is 10.2 Å². The average molecular weight is 577 g/mol. The van der Waals surface area contributed by atoms with Crippen LogP contribution in [0.15, 0.2) is 83.8 Å². The molecule has 3 rings (SSSR count). The minimum absolute atomic E-state index is 0.0104. The van der Waals surface area contributed by atoms with E-state index in [0.717, 1.165) is 22.7 Å². The molecule has 3 aromatic rings. The van der Waals surface area contributed by atoms with E-state index < -0.39 is 28.5 Å². The van der Waals surface area contributed by atoms with Crippen molar-refractivity contribution < 1.29 is 18.0 Å². The summed E-state index contributed by atoms with van der Waals surface area (Å²) in [6, 6.07) is 20.5. The molecular formula is C28H31Cl2N3O4S. The molecule has 0 aliphatic heterocycles. The number of anilines is 1. The minimum atomic E-state index is -4.22. The van der Waals surface area contributed by atoms with E-state index in [-0.39, 0.29) is 33.1 Å². The van der Waals surface area contributed by atoms with Gasteiger partial charge in [0.1, 0.15) is 12.6 Å². The molecule has 0 radical (unpaired) electrons. The summed E-state index contributed by atoms with van der Waals surface area (Å²) in [6.07, 6.45) is 1.72. The Morgan fingerprint density at radius 3 is 2.21 bits per heavy atom. The highest BCUT2D eigenvalue weighted by Gasteiger charge is 2.33. The number of hydrogen-bond acceptors (Lipinski definition) is 4. The molecule has 3 aromatic carbocycles. The first-order valence-electron chi connectivity index (χ1n) is 12.3. The van der Waals surface area contributed by atoms with Crippen molar-refractivity contribution in [2.45, 2.75) is 44.2 Å². The van der Waals surface area contributed by atoms with E-state index in [2.05, 4.69) is 5.32 Å². The Hall–Kier alpha value is -3.07. The molecule has 1 atom stereocenters. The molecule has 38 heavy (non-hydrogen) atoms. The van der Waals surface area contributed by atoms with Gasteiger partial charge in [-0.25, -0.2) is 8.42 Å². The molecule has 7 nitrogen and oxygen atoms in total. The number of rotatable bonds is 12. The summed E-state index contributed by atoms with van der Waals surface area (Å²) >= 11 is 12.6. The first-order chi connectivity index (χ1) is 18.1. The number of carbonyl (C=O) groups excluding carboxylic acids is 2. The van der Waals surface area contributed by atoms with Crippen LogP contribution in [0.25, 0.3) is 0 Å². The summed E-state index contributed by atoms with van der Waals surface area (Å²) in [5.41, 5.74) is 0.864. The number of unbranched alkanes of at least 4 members (excludes halogenated alkanes) is 1. The van der Waals surface area contributed by atoms with E-state index in [1.807, 2.05) is 37.3 Å². The standard InChI is InChI=1S/C28H31Cl2N3O4S/c1-3-4-17-31-28(35)21(2)32(19-22-11-7-5-8-12-22)27(34)20-33(26-18-23(29)15-16-25(26)30)38(36,37)24-13-9-6-10-14-24/h5-16,18,21H,3-4,17,19-20H2,1-2H3,(H,31,35)/t21-/m1/s1. The lowest BCUT2D eigenvalue weighted by Crippen LogP contribution is -2.51. The third-order valence-corrected chi connectivity index (χ3v) is 8.31. The second kappa shape index (κ2) is 13.6. The topological polar surface area (TPSA) is 86.8 Å². The molecule has 0 fully saturated rings. The lowest BCUT2D eigenvalue weighted by Gasteiger charge is -2.32. The number of sulfonamides is 1. The Morgan fingerprint density at radius 1 is 0.947 bits per heavy atom. The zero-order chi connectivity index (χ0) is 27.7. The fraction of sp³-hybridized carbons (Fsp3) is 0.286. The van der Waals surface area contributed by atoms with Crippen molar-refractivity contribution in [3.63, 3.8) is 0 Å². The number of hydrogen-bond donors (Lipinski definition) is 1. The summed E-state index contributed by atoms with van der Waals surface area (Å²) in [5.74, 6) is -0.886. The lowest BCUT2D eigenvalue weighted by molar-refractivity contribution is -0.139. The van der Waals surface area contributed by atoms with Gasteiger partial charge in [0, 0.05) is 18.1 Å². The van der Waals surface area contributed by atoms with Crippen LogP contribution in [0.4, 0.5) is 5.69 Å². The van der Waals surface area contributed by atoms with Gasteiger partial charge in [-0.1, -0.05) is 85.1 Å². The molecule has 0 saturated heterocycles. The highest BCUT2D eigenvalue weighted by Crippen LogP contribution is 2.33. The highest BCUT2D eigenvalue weighted by atomic mass is 35.5. The van der Waals surface area contributed by atoms with Crippen molar-refractivity contribution in [2.75, 3.05) is 17.4 Å². The molecule has 2 amide bonds.